The standard InChI is InChI=1S/C16H21NO6S/c1-11(16(19)17-5-6-20-2)23-15(18)10-24-12-3-4-13-14(9-12)22-8-7-21-13/h3-4,9,11H,5-8,10H2,1-2H3,(H,17,19)/t11-/m0/s1. The van der Waals surface area contributed by atoms with Gasteiger partial charge in [-0.25, -0.2) is 0 Å². The topological polar surface area (TPSA) is 83.1 Å². The van der Waals surface area contributed by atoms with Crippen LogP contribution in [0, 0.1) is 0 Å². The summed E-state index contributed by atoms with van der Waals surface area (Å²) in [7, 11) is 1.55. The number of benzene rings is 1. The lowest BCUT2D eigenvalue weighted by Gasteiger charge is -2.18. The number of ether oxygens (including phenoxy) is 4. The Bertz CT molecular complexity index is 580. The molecule has 1 aliphatic heterocycles. The van der Waals surface area contributed by atoms with E-state index in [1.54, 1.807) is 7.11 Å². The fourth-order valence-electron chi connectivity index (χ4n) is 1.96. The van der Waals surface area contributed by atoms with Crippen molar-refractivity contribution in [1.82, 2.24) is 5.32 Å². The lowest BCUT2D eigenvalue weighted by molar-refractivity contribution is -0.152. The minimum absolute atomic E-state index is 0.106. The first-order valence-electron chi connectivity index (χ1n) is 7.58. The summed E-state index contributed by atoms with van der Waals surface area (Å²) in [5.41, 5.74) is 0. The molecule has 1 N–H and O–H groups in total. The molecule has 24 heavy (non-hydrogen) atoms. The summed E-state index contributed by atoms with van der Waals surface area (Å²) >= 11 is 1.31. The second-order valence-corrected chi connectivity index (χ2v) is 6.06. The van der Waals surface area contributed by atoms with Gasteiger partial charge in [0.15, 0.2) is 17.6 Å². The third-order valence-electron chi connectivity index (χ3n) is 3.15. The Balaban J connectivity index is 1.75. The van der Waals surface area contributed by atoms with Crippen molar-refractivity contribution in [3.8, 4) is 11.5 Å². The molecular weight excluding hydrogens is 334 g/mol. The number of carbonyl (C=O) groups is 2. The molecule has 0 bridgehead atoms. The van der Waals surface area contributed by atoms with Gasteiger partial charge in [-0.05, 0) is 25.1 Å². The molecule has 7 nitrogen and oxygen atoms in total. The van der Waals surface area contributed by atoms with E-state index in [9.17, 15) is 9.59 Å². The highest BCUT2D eigenvalue weighted by Crippen LogP contribution is 2.34. The van der Waals surface area contributed by atoms with Crippen LogP contribution in [0.15, 0.2) is 23.1 Å². The number of rotatable bonds is 8. The number of fused-ring (bicyclic) bond motifs is 1. The summed E-state index contributed by atoms with van der Waals surface area (Å²) in [4.78, 5) is 24.4. The number of carbonyl (C=O) groups excluding carboxylic acids is 2. The lowest BCUT2D eigenvalue weighted by atomic mass is 10.3. The van der Waals surface area contributed by atoms with Crippen LogP contribution in [0.25, 0.3) is 0 Å². The van der Waals surface area contributed by atoms with Gasteiger partial charge in [0.1, 0.15) is 13.2 Å². The van der Waals surface area contributed by atoms with Crippen molar-refractivity contribution in [3.63, 3.8) is 0 Å². The number of amides is 1. The number of hydrogen-bond donors (Lipinski definition) is 1. The number of thioether (sulfide) groups is 1. The van der Waals surface area contributed by atoms with Gasteiger partial charge in [0.2, 0.25) is 0 Å². The predicted octanol–water partition coefficient (Wildman–Crippen LogP) is 1.24. The summed E-state index contributed by atoms with van der Waals surface area (Å²) < 4.78 is 20.9. The predicted molar refractivity (Wildman–Crippen MR) is 88.6 cm³/mol. The number of nitrogens with one attached hydrogen (secondary N) is 1. The Hall–Kier alpha value is -1.93. The second-order valence-electron chi connectivity index (χ2n) is 5.01. The van der Waals surface area contributed by atoms with Crippen molar-refractivity contribution in [2.75, 3.05) is 39.2 Å². The van der Waals surface area contributed by atoms with Crippen LogP contribution in [0.2, 0.25) is 0 Å². The van der Waals surface area contributed by atoms with Gasteiger partial charge in [-0.15, -0.1) is 11.8 Å². The van der Waals surface area contributed by atoms with E-state index in [0.717, 1.165) is 4.90 Å². The molecule has 2 rings (SSSR count). The maximum Gasteiger partial charge on any atom is 0.317 e. The smallest absolute Gasteiger partial charge is 0.317 e. The van der Waals surface area contributed by atoms with Crippen molar-refractivity contribution >= 4 is 23.6 Å². The fourth-order valence-corrected chi connectivity index (χ4v) is 2.67. The average Bonchev–Trinajstić information content (AvgIpc) is 2.59. The fraction of sp³-hybridized carbons (Fsp3) is 0.500. The molecule has 1 aliphatic rings. The minimum atomic E-state index is -0.838. The highest BCUT2D eigenvalue weighted by molar-refractivity contribution is 8.00. The Morgan fingerprint density at radius 1 is 1.29 bits per heavy atom. The molecule has 1 amide bonds. The molecule has 1 atom stereocenters. The Kier molecular flexibility index (Phi) is 7.20. The Labute approximate surface area is 145 Å². The summed E-state index contributed by atoms with van der Waals surface area (Å²) in [5, 5.41) is 2.62. The van der Waals surface area contributed by atoms with Crippen molar-refractivity contribution in [3.05, 3.63) is 18.2 Å². The van der Waals surface area contributed by atoms with Crippen molar-refractivity contribution in [1.29, 1.82) is 0 Å². The van der Waals surface area contributed by atoms with Crippen LogP contribution >= 0.6 is 11.8 Å². The Morgan fingerprint density at radius 2 is 2.04 bits per heavy atom. The minimum Gasteiger partial charge on any atom is -0.486 e. The van der Waals surface area contributed by atoms with E-state index in [2.05, 4.69) is 5.32 Å². The maximum absolute atomic E-state index is 11.8. The molecule has 1 aromatic carbocycles. The number of methoxy groups -OCH3 is 1. The normalized spacial score (nSPS) is 13.9. The van der Waals surface area contributed by atoms with Crippen LogP contribution < -0.4 is 14.8 Å². The van der Waals surface area contributed by atoms with E-state index in [-0.39, 0.29) is 11.7 Å². The first kappa shape index (κ1) is 18.4. The van der Waals surface area contributed by atoms with E-state index in [1.807, 2.05) is 18.2 Å². The zero-order chi connectivity index (χ0) is 17.4. The van der Waals surface area contributed by atoms with Crippen LogP contribution in [0.1, 0.15) is 6.92 Å². The summed E-state index contributed by atoms with van der Waals surface area (Å²) in [6, 6.07) is 5.49. The maximum atomic E-state index is 11.8. The molecule has 132 valence electrons. The van der Waals surface area contributed by atoms with Gasteiger partial charge in [0, 0.05) is 18.6 Å². The van der Waals surface area contributed by atoms with Crippen molar-refractivity contribution in [2.24, 2.45) is 0 Å². The molecule has 8 heteroatoms. The first-order valence-corrected chi connectivity index (χ1v) is 8.57. The molecule has 0 unspecified atom stereocenters. The highest BCUT2D eigenvalue weighted by atomic mass is 32.2. The zero-order valence-corrected chi connectivity index (χ0v) is 14.5. The van der Waals surface area contributed by atoms with E-state index in [1.165, 1.54) is 18.7 Å². The average molecular weight is 355 g/mol. The molecular formula is C16H21NO6S. The van der Waals surface area contributed by atoms with Crippen LogP contribution in [0.4, 0.5) is 0 Å². The quantitative estimate of drug-likeness (QED) is 0.427. The third kappa shape index (κ3) is 5.61. The summed E-state index contributed by atoms with van der Waals surface area (Å²) in [5.74, 6) is 0.684. The van der Waals surface area contributed by atoms with Gasteiger partial charge in [-0.1, -0.05) is 0 Å². The molecule has 1 aromatic rings. The van der Waals surface area contributed by atoms with Crippen LogP contribution in [0.5, 0.6) is 11.5 Å². The van der Waals surface area contributed by atoms with Gasteiger partial charge in [0.05, 0.1) is 12.4 Å². The monoisotopic (exact) mass is 355 g/mol. The highest BCUT2D eigenvalue weighted by Gasteiger charge is 2.18. The number of esters is 1. The van der Waals surface area contributed by atoms with E-state index < -0.39 is 12.1 Å². The second kappa shape index (κ2) is 9.39. The zero-order valence-electron chi connectivity index (χ0n) is 13.7. The molecule has 0 saturated heterocycles. The SMILES string of the molecule is COCCNC(=O)[C@H](C)OC(=O)CSc1ccc2c(c1)OCCO2. The van der Waals surface area contributed by atoms with Crippen LogP contribution in [0.3, 0.4) is 0 Å². The van der Waals surface area contributed by atoms with Crippen LogP contribution in [-0.2, 0) is 19.1 Å². The van der Waals surface area contributed by atoms with Gasteiger partial charge in [-0.3, -0.25) is 9.59 Å². The number of hydrogen-bond acceptors (Lipinski definition) is 7. The molecule has 0 aromatic heterocycles. The lowest BCUT2D eigenvalue weighted by Crippen LogP contribution is -2.37. The summed E-state index contributed by atoms with van der Waals surface area (Å²) in [6.07, 6.45) is -0.838. The first-order chi connectivity index (χ1) is 11.6. The van der Waals surface area contributed by atoms with Gasteiger partial charge in [0.25, 0.3) is 5.91 Å². The van der Waals surface area contributed by atoms with Crippen molar-refractivity contribution in [2.45, 2.75) is 17.9 Å². The van der Waals surface area contributed by atoms with Crippen LogP contribution in [-0.4, -0.2) is 57.2 Å². The molecule has 0 saturated carbocycles. The van der Waals surface area contributed by atoms with Crippen molar-refractivity contribution < 1.29 is 28.5 Å². The van der Waals surface area contributed by atoms with E-state index >= 15 is 0 Å². The van der Waals surface area contributed by atoms with E-state index in [0.29, 0.717) is 37.9 Å². The summed E-state index contributed by atoms with van der Waals surface area (Å²) in [6.45, 7) is 3.37. The molecule has 0 radical (unpaired) electrons. The molecule has 0 fully saturated rings. The molecule has 1 heterocycles. The molecule has 0 aliphatic carbocycles. The molecule has 0 spiro atoms. The largest absolute Gasteiger partial charge is 0.486 e. The van der Waals surface area contributed by atoms with Gasteiger partial charge >= 0.3 is 5.97 Å². The Morgan fingerprint density at radius 3 is 2.79 bits per heavy atom. The van der Waals surface area contributed by atoms with E-state index in [4.69, 9.17) is 18.9 Å². The van der Waals surface area contributed by atoms with Gasteiger partial charge in [-0.2, -0.15) is 0 Å². The van der Waals surface area contributed by atoms with Gasteiger partial charge < -0.3 is 24.3 Å². The third-order valence-corrected chi connectivity index (χ3v) is 4.12.